The lowest BCUT2D eigenvalue weighted by atomic mass is 9.98. The minimum absolute atomic E-state index is 0.0763. The number of hydrogen-bond donors (Lipinski definition) is 1. The molecule has 0 radical (unpaired) electrons. The summed E-state index contributed by atoms with van der Waals surface area (Å²) in [7, 11) is -1.69. The van der Waals surface area contributed by atoms with Crippen molar-refractivity contribution < 1.29 is 8.42 Å². The lowest BCUT2D eigenvalue weighted by molar-refractivity contribution is 0.174. The number of nitrogens with one attached hydrogen (secondary N) is 1. The molecule has 5 nitrogen and oxygen atoms in total. The second-order valence-electron chi connectivity index (χ2n) is 7.81. The molecule has 0 bridgehead atoms. The third-order valence-electron chi connectivity index (χ3n) is 5.83. The molecule has 0 saturated heterocycles. The maximum absolute atomic E-state index is 13.1. The molecule has 0 saturated carbocycles. The number of nitrogens with zero attached hydrogens (tertiary/aromatic N) is 2. The number of hydrogen-bond acceptors (Lipinski definition) is 3. The van der Waals surface area contributed by atoms with Gasteiger partial charge in [-0.2, -0.15) is 0 Å². The van der Waals surface area contributed by atoms with Crippen LogP contribution >= 0.6 is 11.6 Å². The van der Waals surface area contributed by atoms with Gasteiger partial charge in [-0.1, -0.05) is 41.9 Å². The van der Waals surface area contributed by atoms with E-state index >= 15 is 0 Å². The van der Waals surface area contributed by atoms with E-state index in [1.54, 1.807) is 19.1 Å². The van der Waals surface area contributed by atoms with Gasteiger partial charge in [-0.3, -0.25) is 4.90 Å². The van der Waals surface area contributed by atoms with E-state index in [0.29, 0.717) is 10.6 Å². The standard InChI is InChI=1S/C23H26ClN3O2S/c1-17-9-10-20(24)14-23(17)30(28,29)25-15-22(21-8-5-12-26(21)2)27-13-11-18-6-3-4-7-19(18)16-27/h3-10,12,14,22,25H,11,13,15-16H2,1-2H3. The molecule has 0 aliphatic carbocycles. The van der Waals surface area contributed by atoms with Gasteiger partial charge in [-0.15, -0.1) is 0 Å². The Hall–Kier alpha value is -2.12. The number of halogens is 1. The zero-order chi connectivity index (χ0) is 21.3. The highest BCUT2D eigenvalue weighted by Gasteiger charge is 2.28. The fourth-order valence-electron chi connectivity index (χ4n) is 4.15. The van der Waals surface area contributed by atoms with Crippen LogP contribution < -0.4 is 4.72 Å². The van der Waals surface area contributed by atoms with E-state index in [4.69, 9.17) is 11.6 Å². The summed E-state index contributed by atoms with van der Waals surface area (Å²) in [6, 6.07) is 17.4. The minimum Gasteiger partial charge on any atom is -0.353 e. The number of aryl methyl sites for hydroxylation is 2. The first-order chi connectivity index (χ1) is 14.3. The van der Waals surface area contributed by atoms with Crippen LogP contribution in [0.15, 0.2) is 65.7 Å². The summed E-state index contributed by atoms with van der Waals surface area (Å²) in [4.78, 5) is 2.58. The van der Waals surface area contributed by atoms with Crippen molar-refractivity contribution >= 4 is 21.6 Å². The summed E-state index contributed by atoms with van der Waals surface area (Å²) in [6.07, 6.45) is 2.95. The van der Waals surface area contributed by atoms with Crippen LogP contribution in [-0.4, -0.2) is 31.0 Å². The molecule has 158 valence electrons. The Morgan fingerprint density at radius 3 is 2.60 bits per heavy atom. The summed E-state index contributed by atoms with van der Waals surface area (Å²) in [5.74, 6) is 0. The van der Waals surface area contributed by atoms with Gasteiger partial charge in [0.2, 0.25) is 10.0 Å². The van der Waals surface area contributed by atoms with E-state index in [1.807, 2.05) is 19.3 Å². The molecule has 0 fully saturated rings. The first kappa shape index (κ1) is 21.1. The highest BCUT2D eigenvalue weighted by atomic mass is 35.5. The second-order valence-corrected chi connectivity index (χ2v) is 9.98. The Balaban J connectivity index is 1.60. The molecule has 2 aromatic carbocycles. The average molecular weight is 444 g/mol. The summed E-state index contributed by atoms with van der Waals surface area (Å²) >= 11 is 6.05. The molecule has 1 aliphatic heterocycles. The maximum atomic E-state index is 13.1. The molecular formula is C23H26ClN3O2S. The number of fused-ring (bicyclic) bond motifs is 1. The SMILES string of the molecule is Cc1ccc(Cl)cc1S(=O)(=O)NCC(c1cccn1C)N1CCc2ccccc2C1. The Labute approximate surface area is 183 Å². The molecule has 0 amide bonds. The Morgan fingerprint density at radius 2 is 1.87 bits per heavy atom. The zero-order valence-electron chi connectivity index (χ0n) is 17.2. The third-order valence-corrected chi connectivity index (χ3v) is 7.63. The summed E-state index contributed by atoms with van der Waals surface area (Å²) in [5, 5.41) is 0.410. The number of aromatic nitrogens is 1. The number of rotatable bonds is 6. The Kier molecular flexibility index (Phi) is 6.02. The van der Waals surface area contributed by atoms with Gasteiger partial charge in [0, 0.05) is 43.6 Å². The van der Waals surface area contributed by atoms with Crippen LogP contribution in [0.5, 0.6) is 0 Å². The molecule has 1 N–H and O–H groups in total. The van der Waals surface area contributed by atoms with Gasteiger partial charge in [0.1, 0.15) is 0 Å². The second kappa shape index (κ2) is 8.55. The molecule has 4 rings (SSSR count). The van der Waals surface area contributed by atoms with Crippen molar-refractivity contribution in [3.63, 3.8) is 0 Å². The average Bonchev–Trinajstić information content (AvgIpc) is 3.15. The number of benzene rings is 2. The minimum atomic E-state index is -3.68. The molecule has 1 aromatic heterocycles. The third kappa shape index (κ3) is 4.32. The monoisotopic (exact) mass is 443 g/mol. The first-order valence-corrected chi connectivity index (χ1v) is 11.9. The van der Waals surface area contributed by atoms with Crippen molar-refractivity contribution in [2.24, 2.45) is 7.05 Å². The van der Waals surface area contributed by atoms with Gasteiger partial charge < -0.3 is 4.57 Å². The fourth-order valence-corrected chi connectivity index (χ4v) is 5.70. The summed E-state index contributed by atoms with van der Waals surface area (Å²) in [5.41, 5.74) is 4.43. The molecule has 7 heteroatoms. The van der Waals surface area contributed by atoms with E-state index in [9.17, 15) is 8.42 Å². The molecule has 1 unspecified atom stereocenters. The normalized spacial score (nSPS) is 15.7. The van der Waals surface area contributed by atoms with Gasteiger partial charge in [-0.05, 0) is 54.3 Å². The van der Waals surface area contributed by atoms with Gasteiger partial charge in [-0.25, -0.2) is 13.1 Å². The number of sulfonamides is 1. The van der Waals surface area contributed by atoms with Gasteiger partial charge in [0.05, 0.1) is 10.9 Å². The van der Waals surface area contributed by atoms with Crippen LogP contribution in [0.3, 0.4) is 0 Å². The topological polar surface area (TPSA) is 54.3 Å². The van der Waals surface area contributed by atoms with E-state index < -0.39 is 10.0 Å². The smallest absolute Gasteiger partial charge is 0.240 e. The lowest BCUT2D eigenvalue weighted by Gasteiger charge is -2.36. The van der Waals surface area contributed by atoms with Gasteiger partial charge in [0.25, 0.3) is 0 Å². The quantitative estimate of drug-likeness (QED) is 0.625. The molecule has 30 heavy (non-hydrogen) atoms. The lowest BCUT2D eigenvalue weighted by Crippen LogP contribution is -2.41. The molecule has 2 heterocycles. The zero-order valence-corrected chi connectivity index (χ0v) is 18.7. The van der Waals surface area contributed by atoms with Crippen molar-refractivity contribution in [3.8, 4) is 0 Å². The molecular weight excluding hydrogens is 418 g/mol. The van der Waals surface area contributed by atoms with Crippen LogP contribution in [0.1, 0.15) is 28.4 Å². The van der Waals surface area contributed by atoms with Crippen LogP contribution in [0, 0.1) is 6.92 Å². The van der Waals surface area contributed by atoms with Crippen molar-refractivity contribution in [2.45, 2.75) is 30.8 Å². The van der Waals surface area contributed by atoms with Crippen molar-refractivity contribution in [1.82, 2.24) is 14.2 Å². The van der Waals surface area contributed by atoms with Crippen LogP contribution in [0.4, 0.5) is 0 Å². The Morgan fingerprint density at radius 1 is 1.10 bits per heavy atom. The molecule has 1 atom stereocenters. The van der Waals surface area contributed by atoms with E-state index in [-0.39, 0.29) is 17.5 Å². The van der Waals surface area contributed by atoms with Gasteiger partial charge >= 0.3 is 0 Å². The largest absolute Gasteiger partial charge is 0.353 e. The predicted molar refractivity (Wildman–Crippen MR) is 120 cm³/mol. The molecule has 3 aromatic rings. The maximum Gasteiger partial charge on any atom is 0.240 e. The van der Waals surface area contributed by atoms with Crippen molar-refractivity contribution in [3.05, 3.63) is 88.2 Å². The van der Waals surface area contributed by atoms with E-state index in [2.05, 4.69) is 44.5 Å². The molecule has 1 aliphatic rings. The fraction of sp³-hybridized carbons (Fsp3) is 0.304. The predicted octanol–water partition coefficient (Wildman–Crippen LogP) is 4.06. The summed E-state index contributed by atoms with van der Waals surface area (Å²) < 4.78 is 31.0. The van der Waals surface area contributed by atoms with Crippen LogP contribution in [0.25, 0.3) is 0 Å². The van der Waals surface area contributed by atoms with Gasteiger partial charge in [0.15, 0.2) is 0 Å². The highest BCUT2D eigenvalue weighted by molar-refractivity contribution is 7.89. The van der Waals surface area contributed by atoms with Crippen LogP contribution in [0.2, 0.25) is 5.02 Å². The van der Waals surface area contributed by atoms with E-state index in [0.717, 1.165) is 25.2 Å². The molecule has 0 spiro atoms. The van der Waals surface area contributed by atoms with Crippen LogP contribution in [-0.2, 0) is 30.0 Å². The van der Waals surface area contributed by atoms with Crippen molar-refractivity contribution in [1.29, 1.82) is 0 Å². The van der Waals surface area contributed by atoms with E-state index in [1.165, 1.54) is 17.2 Å². The summed E-state index contributed by atoms with van der Waals surface area (Å²) in [6.45, 7) is 3.74. The Bertz CT molecular complexity index is 1160. The first-order valence-electron chi connectivity index (χ1n) is 10.0. The van der Waals surface area contributed by atoms with Crippen molar-refractivity contribution in [2.75, 3.05) is 13.1 Å². The highest BCUT2D eigenvalue weighted by Crippen LogP contribution is 2.28.